The number of ether oxygens (including phenoxy) is 2. The summed E-state index contributed by atoms with van der Waals surface area (Å²) < 4.78 is 9.54. The number of rotatable bonds is 9. The van der Waals surface area contributed by atoms with E-state index in [0.717, 1.165) is 18.4 Å². The van der Waals surface area contributed by atoms with E-state index in [9.17, 15) is 10.0 Å². The van der Waals surface area contributed by atoms with Crippen LogP contribution in [0.3, 0.4) is 0 Å². The van der Waals surface area contributed by atoms with Crippen LogP contribution >= 0.6 is 0 Å². The van der Waals surface area contributed by atoms with Crippen LogP contribution in [0.15, 0.2) is 42.6 Å². The Balaban J connectivity index is 2.19. The van der Waals surface area contributed by atoms with E-state index in [1.807, 2.05) is 30.3 Å². The van der Waals surface area contributed by atoms with Gasteiger partial charge in [-0.2, -0.15) is 9.91 Å². The van der Waals surface area contributed by atoms with Crippen LogP contribution in [0.1, 0.15) is 24.8 Å². The fourth-order valence-electron chi connectivity index (χ4n) is 1.85. The first-order chi connectivity index (χ1) is 11.0. The van der Waals surface area contributed by atoms with Crippen LogP contribution in [0, 0.1) is 11.3 Å². The van der Waals surface area contributed by atoms with Crippen LogP contribution < -0.4 is 0 Å². The number of carbonyl (C=O) groups is 1. The predicted octanol–water partition coefficient (Wildman–Crippen LogP) is 3.38. The van der Waals surface area contributed by atoms with E-state index in [-0.39, 0.29) is 17.9 Å². The summed E-state index contributed by atoms with van der Waals surface area (Å²) >= 11 is 0. The van der Waals surface area contributed by atoms with E-state index in [1.165, 1.54) is 6.20 Å². The van der Waals surface area contributed by atoms with Crippen molar-refractivity contribution < 1.29 is 24.1 Å². The van der Waals surface area contributed by atoms with E-state index in [4.69, 9.17) is 14.7 Å². The second-order valence-corrected chi connectivity index (χ2v) is 5.27. The van der Waals surface area contributed by atoms with Gasteiger partial charge in [-0.1, -0.05) is 30.3 Å². The smallest absolute Gasteiger partial charge is 0.430 e. The standard InChI is InChI=1S/C17H23N2O4/c1-19(21,12-7-3-6-11-18)13-8-14-22-17(20)23-15-16-9-4-2-5-10-16/h2,4-5,8-10,13,21H,3,6-7,12,14-15H2,1H3/q+1/b13-8+. The Morgan fingerprint density at radius 1 is 1.30 bits per heavy atom. The molecule has 0 radical (unpaired) electrons. The van der Waals surface area contributed by atoms with Gasteiger partial charge in [0.25, 0.3) is 0 Å². The number of unbranched alkanes of at least 4 members (excludes halogenated alkanes) is 2. The van der Waals surface area contributed by atoms with Crippen LogP contribution in [-0.2, 0) is 16.1 Å². The van der Waals surface area contributed by atoms with Gasteiger partial charge < -0.3 is 9.47 Å². The summed E-state index contributed by atoms with van der Waals surface area (Å²) in [6.07, 6.45) is 4.33. The molecule has 0 amide bonds. The van der Waals surface area contributed by atoms with Crippen molar-refractivity contribution in [2.45, 2.75) is 25.9 Å². The zero-order valence-electron chi connectivity index (χ0n) is 13.4. The lowest BCUT2D eigenvalue weighted by molar-refractivity contribution is -1.05. The maximum absolute atomic E-state index is 11.4. The molecule has 23 heavy (non-hydrogen) atoms. The molecule has 0 aliphatic heterocycles. The first kappa shape index (κ1) is 18.7. The quantitative estimate of drug-likeness (QED) is 0.327. The molecule has 6 nitrogen and oxygen atoms in total. The third-order valence-corrected chi connectivity index (χ3v) is 3.07. The first-order valence-corrected chi connectivity index (χ1v) is 7.49. The summed E-state index contributed by atoms with van der Waals surface area (Å²) in [6, 6.07) is 11.4. The van der Waals surface area contributed by atoms with Crippen molar-refractivity contribution in [1.82, 2.24) is 0 Å². The van der Waals surface area contributed by atoms with Crippen LogP contribution in [0.4, 0.5) is 4.79 Å². The molecule has 0 saturated heterocycles. The van der Waals surface area contributed by atoms with Gasteiger partial charge in [-0.05, 0) is 12.0 Å². The van der Waals surface area contributed by atoms with Gasteiger partial charge in [-0.15, -0.1) is 0 Å². The number of hydrogen-bond acceptors (Lipinski definition) is 5. The molecule has 1 unspecified atom stereocenters. The second kappa shape index (κ2) is 10.4. The third kappa shape index (κ3) is 9.30. The maximum atomic E-state index is 11.4. The van der Waals surface area contributed by atoms with Crippen molar-refractivity contribution >= 4 is 6.16 Å². The first-order valence-electron chi connectivity index (χ1n) is 7.49. The molecule has 1 atom stereocenters. The number of carbonyl (C=O) groups excluding carboxylic acids is 1. The molecule has 1 N–H and O–H groups in total. The van der Waals surface area contributed by atoms with Crippen molar-refractivity contribution in [3.05, 3.63) is 48.2 Å². The van der Waals surface area contributed by atoms with E-state index in [1.54, 1.807) is 13.1 Å². The maximum Gasteiger partial charge on any atom is 0.508 e. The fourth-order valence-corrected chi connectivity index (χ4v) is 1.85. The zero-order valence-corrected chi connectivity index (χ0v) is 13.4. The minimum absolute atomic E-state index is 0.0280. The van der Waals surface area contributed by atoms with Gasteiger partial charge in [0.15, 0.2) is 0 Å². The number of benzene rings is 1. The molecule has 1 aromatic rings. The Kier molecular flexibility index (Phi) is 8.43. The summed E-state index contributed by atoms with van der Waals surface area (Å²) in [5, 5.41) is 18.5. The van der Waals surface area contributed by atoms with Gasteiger partial charge in [0, 0.05) is 18.9 Å². The number of hydrogen-bond donors (Lipinski definition) is 1. The molecule has 0 fully saturated rings. The number of nitrogens with zero attached hydrogens (tertiary/aromatic N) is 2. The molecule has 0 aliphatic carbocycles. The molecule has 0 spiro atoms. The topological polar surface area (TPSA) is 79.6 Å². The number of hydroxylamine groups is 3. The molecule has 6 heteroatoms. The van der Waals surface area contributed by atoms with Crippen molar-refractivity contribution in [2.24, 2.45) is 0 Å². The Morgan fingerprint density at radius 3 is 2.74 bits per heavy atom. The average molecular weight is 319 g/mol. The van der Waals surface area contributed by atoms with Crippen LogP contribution in [0.2, 0.25) is 0 Å². The van der Waals surface area contributed by atoms with E-state index < -0.39 is 6.16 Å². The zero-order chi connectivity index (χ0) is 17.0. The summed E-state index contributed by atoms with van der Waals surface area (Å²) in [6.45, 7) is 0.687. The summed E-state index contributed by atoms with van der Waals surface area (Å²) in [7, 11) is 1.62. The lowest BCUT2D eigenvalue weighted by atomic mass is 10.2. The molecule has 0 saturated carbocycles. The van der Waals surface area contributed by atoms with Crippen LogP contribution in [0.25, 0.3) is 0 Å². The number of nitriles is 1. The summed E-state index contributed by atoms with van der Waals surface area (Å²) in [4.78, 5) is 11.4. The SMILES string of the molecule is C[N+](O)(/C=C/COC(=O)OCc1ccccc1)CCCCC#N. The molecule has 1 aromatic carbocycles. The van der Waals surface area contributed by atoms with Crippen molar-refractivity contribution in [3.8, 4) is 6.07 Å². The van der Waals surface area contributed by atoms with Gasteiger partial charge in [-0.3, -0.25) is 0 Å². The highest BCUT2D eigenvalue weighted by Gasteiger charge is 2.14. The van der Waals surface area contributed by atoms with Gasteiger partial charge in [-0.25, -0.2) is 10.0 Å². The molecular weight excluding hydrogens is 296 g/mol. The van der Waals surface area contributed by atoms with Gasteiger partial charge in [0.2, 0.25) is 0 Å². The molecule has 124 valence electrons. The van der Waals surface area contributed by atoms with Gasteiger partial charge in [0.05, 0.1) is 6.07 Å². The lowest BCUT2D eigenvalue weighted by Gasteiger charge is -2.20. The Bertz CT molecular complexity index is 535. The second-order valence-electron chi connectivity index (χ2n) is 5.27. The van der Waals surface area contributed by atoms with Crippen molar-refractivity contribution in [3.63, 3.8) is 0 Å². The summed E-state index contributed by atoms with van der Waals surface area (Å²) in [5.41, 5.74) is 0.886. The Labute approximate surface area is 136 Å². The van der Waals surface area contributed by atoms with Crippen LogP contribution in [-0.4, -0.2) is 36.2 Å². The predicted molar refractivity (Wildman–Crippen MR) is 84.0 cm³/mol. The average Bonchev–Trinajstić information content (AvgIpc) is 2.55. The summed E-state index contributed by atoms with van der Waals surface area (Å²) in [5.74, 6) is 0. The molecule has 0 bridgehead atoms. The largest absolute Gasteiger partial charge is 0.508 e. The Hall–Kier alpha value is -2.36. The monoisotopic (exact) mass is 319 g/mol. The lowest BCUT2D eigenvalue weighted by Crippen LogP contribution is -2.35. The normalized spacial score (nSPS) is 13.3. The highest BCUT2D eigenvalue weighted by Crippen LogP contribution is 2.05. The molecule has 0 aromatic heterocycles. The molecular formula is C17H23N2O4+. The highest BCUT2D eigenvalue weighted by molar-refractivity contribution is 5.60. The van der Waals surface area contributed by atoms with E-state index in [0.29, 0.717) is 13.0 Å². The molecule has 1 rings (SSSR count). The van der Waals surface area contributed by atoms with Gasteiger partial charge >= 0.3 is 6.16 Å². The van der Waals surface area contributed by atoms with Crippen LogP contribution in [0.5, 0.6) is 0 Å². The third-order valence-electron chi connectivity index (χ3n) is 3.07. The minimum atomic E-state index is -0.750. The van der Waals surface area contributed by atoms with E-state index >= 15 is 0 Å². The van der Waals surface area contributed by atoms with E-state index in [2.05, 4.69) is 6.07 Å². The van der Waals surface area contributed by atoms with Crippen molar-refractivity contribution in [1.29, 1.82) is 5.26 Å². The van der Waals surface area contributed by atoms with Gasteiger partial charge in [0.1, 0.15) is 33.0 Å². The number of quaternary nitrogens is 1. The minimum Gasteiger partial charge on any atom is -0.430 e. The van der Waals surface area contributed by atoms with Crippen molar-refractivity contribution in [2.75, 3.05) is 20.2 Å². The fraction of sp³-hybridized carbons (Fsp3) is 0.412. The molecule has 0 heterocycles. The Morgan fingerprint density at radius 2 is 2.04 bits per heavy atom. The molecule has 0 aliphatic rings. The highest BCUT2D eigenvalue weighted by atomic mass is 16.7.